The summed E-state index contributed by atoms with van der Waals surface area (Å²) in [4.78, 5) is 5.78. The van der Waals surface area contributed by atoms with Gasteiger partial charge in [-0.1, -0.05) is 55.5 Å². The van der Waals surface area contributed by atoms with E-state index in [2.05, 4.69) is 5.16 Å². The monoisotopic (exact) mass is 484 g/mol. The molecule has 2 aromatic carbocycles. The third kappa shape index (κ3) is 6.01. The van der Waals surface area contributed by atoms with E-state index in [1.54, 1.807) is 0 Å². The summed E-state index contributed by atoms with van der Waals surface area (Å²) in [6, 6.07) is 6.93. The first-order chi connectivity index (χ1) is 20.9. The quantitative estimate of drug-likeness (QED) is 0.287. The van der Waals surface area contributed by atoms with E-state index < -0.39 is 68.6 Å². The molecule has 2 aliphatic rings. The molecule has 2 fully saturated rings. The average molecular weight is 485 g/mol. The van der Waals surface area contributed by atoms with Crippen molar-refractivity contribution in [3.8, 4) is 0 Å². The van der Waals surface area contributed by atoms with Crippen LogP contribution in [0.25, 0.3) is 0 Å². The molecular formula is C28H35F3N2O. The Bertz CT molecular complexity index is 1450. The molecule has 0 amide bonds. The lowest BCUT2D eigenvalue weighted by Gasteiger charge is -2.31. The number of halogens is 3. The molecule has 1 heterocycles. The van der Waals surface area contributed by atoms with Crippen molar-refractivity contribution < 1.29 is 34.5 Å². The summed E-state index contributed by atoms with van der Waals surface area (Å²) >= 11 is 0. The van der Waals surface area contributed by atoms with Gasteiger partial charge in [-0.15, -0.1) is 0 Å². The van der Waals surface area contributed by atoms with Crippen LogP contribution < -0.4 is 0 Å². The highest BCUT2D eigenvalue weighted by molar-refractivity contribution is 5.98. The molecule has 1 saturated heterocycles. The van der Waals surface area contributed by atoms with E-state index >= 15 is 0 Å². The molecule has 34 heavy (non-hydrogen) atoms. The Labute approximate surface area is 217 Å². The highest BCUT2D eigenvalue weighted by Gasteiger charge is 2.35. The van der Waals surface area contributed by atoms with Crippen molar-refractivity contribution in [1.29, 1.82) is 0 Å². The molecule has 1 aliphatic heterocycles. The number of nitrogens with zero attached hydrogens (tertiary/aromatic N) is 2. The molecule has 4 rings (SSSR count). The van der Waals surface area contributed by atoms with E-state index in [4.69, 9.17) is 21.3 Å². The van der Waals surface area contributed by atoms with Crippen LogP contribution in [0, 0.1) is 0 Å². The Morgan fingerprint density at radius 2 is 1.94 bits per heavy atom. The van der Waals surface area contributed by atoms with Crippen LogP contribution in [0.4, 0.5) is 13.2 Å². The van der Waals surface area contributed by atoms with Crippen LogP contribution in [-0.4, -0.2) is 23.6 Å². The molecular weight excluding hydrogens is 437 g/mol. The van der Waals surface area contributed by atoms with Crippen molar-refractivity contribution >= 4 is 5.71 Å². The Morgan fingerprint density at radius 3 is 2.68 bits per heavy atom. The second-order valence-corrected chi connectivity index (χ2v) is 8.49. The first-order valence-electron chi connectivity index (χ1n) is 17.3. The minimum absolute atomic E-state index is 0.0636. The van der Waals surface area contributed by atoms with Crippen LogP contribution >= 0.6 is 0 Å². The zero-order valence-electron chi connectivity index (χ0n) is 30.8. The Kier molecular flexibility index (Phi) is 4.40. The van der Waals surface area contributed by atoms with Crippen molar-refractivity contribution in [3.05, 3.63) is 69.8 Å². The van der Waals surface area contributed by atoms with Gasteiger partial charge in [0.25, 0.3) is 0 Å². The van der Waals surface area contributed by atoms with Crippen molar-refractivity contribution in [1.82, 2.24) is 4.90 Å². The number of oxime groups is 1. The Hall–Kier alpha value is -2.34. The SMILES string of the molecule is [2H]C1C([2H])([2H])N(Cc2ccc(/C(C)=N/OC([2H])([2H])c3ccc(C4CCCCC4)c(C(F)(F)F)c3)cc2C([2H])([2H])C([2H])([2H])[2H])C1([2H])[2H]. The van der Waals surface area contributed by atoms with Gasteiger partial charge in [0, 0.05) is 20.3 Å². The van der Waals surface area contributed by atoms with E-state index in [-0.39, 0.29) is 28.3 Å². The topological polar surface area (TPSA) is 24.8 Å². The number of alkyl halides is 3. The van der Waals surface area contributed by atoms with Gasteiger partial charge in [0.05, 0.1) is 14.0 Å². The van der Waals surface area contributed by atoms with Crippen molar-refractivity contribution in [2.75, 3.05) is 13.0 Å². The number of hydrogen-bond donors (Lipinski definition) is 0. The normalized spacial score (nSPS) is 28.1. The van der Waals surface area contributed by atoms with Crippen LogP contribution in [0.1, 0.15) is 108 Å². The zero-order chi connectivity index (χ0) is 34.7. The van der Waals surface area contributed by atoms with Gasteiger partial charge >= 0.3 is 6.18 Å². The van der Waals surface area contributed by atoms with Crippen molar-refractivity contribution in [2.24, 2.45) is 5.16 Å². The molecule has 2 aromatic rings. The third-order valence-corrected chi connectivity index (χ3v) is 6.18. The van der Waals surface area contributed by atoms with Crippen LogP contribution in [0.3, 0.4) is 0 Å². The van der Waals surface area contributed by atoms with E-state index in [9.17, 15) is 13.2 Å². The summed E-state index contributed by atoms with van der Waals surface area (Å²) in [5, 5.41) is 3.75. The Morgan fingerprint density at radius 1 is 1.15 bits per heavy atom. The Balaban J connectivity index is 1.66. The smallest absolute Gasteiger partial charge is 0.391 e. The molecule has 0 spiro atoms. The summed E-state index contributed by atoms with van der Waals surface area (Å²) in [5.74, 6) is -0.286. The number of benzene rings is 2. The maximum atomic E-state index is 14.1. The average Bonchev–Trinajstić information content (AvgIpc) is 2.97. The van der Waals surface area contributed by atoms with Crippen LogP contribution in [0.2, 0.25) is 0 Å². The van der Waals surface area contributed by atoms with Gasteiger partial charge in [-0.2, -0.15) is 13.2 Å². The standard InChI is InChI=1S/C28H35F3N2O/c1-3-22-17-24(11-12-25(22)18-33-14-7-15-33)20(2)32-34-19-21-10-13-26(23-8-5-4-6-9-23)27(16-21)28(29,30)31/h10-13,16-17,23H,3-9,14-15,18-19H2,1-2H3/b32-20+/i1D3,3D2,7D,14D2,15D2,19D2. The summed E-state index contributed by atoms with van der Waals surface area (Å²) in [6.45, 7) is -10.1. The number of aryl methyl sites for hydroxylation is 1. The van der Waals surface area contributed by atoms with Gasteiger partial charge in [-0.05, 0) is 91.4 Å². The van der Waals surface area contributed by atoms with Gasteiger partial charge in [0.15, 0.2) is 0 Å². The molecule has 1 saturated carbocycles. The molecule has 0 unspecified atom stereocenters. The minimum atomic E-state index is -4.73. The molecule has 184 valence electrons. The predicted octanol–water partition coefficient (Wildman–Crippen LogP) is 7.46. The van der Waals surface area contributed by atoms with Gasteiger partial charge in [0.1, 0.15) is 6.56 Å². The van der Waals surface area contributed by atoms with Crippen LogP contribution in [-0.2, 0) is 30.5 Å². The minimum Gasteiger partial charge on any atom is -0.391 e. The summed E-state index contributed by atoms with van der Waals surface area (Å²) in [5.41, 5.74) is -1.75. The van der Waals surface area contributed by atoms with E-state index in [1.807, 2.05) is 0 Å². The second kappa shape index (κ2) is 10.9. The highest BCUT2D eigenvalue weighted by Crippen LogP contribution is 2.41. The number of likely N-dealkylation sites (tertiary alicyclic amines) is 1. The maximum absolute atomic E-state index is 14.1. The van der Waals surface area contributed by atoms with Crippen LogP contribution in [0.5, 0.6) is 0 Å². The van der Waals surface area contributed by atoms with E-state index in [0.29, 0.717) is 17.7 Å². The lowest BCUT2D eigenvalue weighted by molar-refractivity contribution is -0.138. The third-order valence-electron chi connectivity index (χ3n) is 6.18. The number of hydrogen-bond acceptors (Lipinski definition) is 3. The molecule has 0 bridgehead atoms. The fraction of sp³-hybridized carbons (Fsp3) is 0.536. The largest absolute Gasteiger partial charge is 0.416 e. The van der Waals surface area contributed by atoms with Gasteiger partial charge in [-0.25, -0.2) is 0 Å². The molecule has 0 aromatic heterocycles. The highest BCUT2D eigenvalue weighted by atomic mass is 19.4. The maximum Gasteiger partial charge on any atom is 0.416 e. The lowest BCUT2D eigenvalue weighted by atomic mass is 9.81. The van der Waals surface area contributed by atoms with Gasteiger partial charge in [0.2, 0.25) is 0 Å². The van der Waals surface area contributed by atoms with E-state index in [0.717, 1.165) is 31.4 Å². The van der Waals surface area contributed by atoms with Gasteiger partial charge < -0.3 is 4.84 Å². The molecule has 0 N–H and O–H groups in total. The van der Waals surface area contributed by atoms with E-state index in [1.165, 1.54) is 31.2 Å². The zero-order valence-corrected chi connectivity index (χ0v) is 18.8. The molecule has 1 aliphatic carbocycles. The summed E-state index contributed by atoms with van der Waals surface area (Å²) in [6.07, 6.45) is -5.69. The first kappa shape index (κ1) is 13.7. The molecule has 0 atom stereocenters. The predicted molar refractivity (Wildman–Crippen MR) is 130 cm³/mol. The lowest BCUT2D eigenvalue weighted by Crippen LogP contribution is -2.36. The summed E-state index contributed by atoms with van der Waals surface area (Å²) in [7, 11) is 0. The van der Waals surface area contributed by atoms with Gasteiger partial charge in [-0.3, -0.25) is 4.90 Å². The molecule has 0 radical (unpaired) electrons. The molecule has 6 heteroatoms. The first-order valence-corrected chi connectivity index (χ1v) is 11.2. The fourth-order valence-electron chi connectivity index (χ4n) is 4.30. The summed E-state index contributed by atoms with van der Waals surface area (Å²) < 4.78 is 139. The van der Waals surface area contributed by atoms with Crippen molar-refractivity contribution in [2.45, 2.75) is 83.8 Å². The second-order valence-electron chi connectivity index (χ2n) is 8.49. The number of rotatable bonds is 8. The molecule has 3 nitrogen and oxygen atoms in total. The van der Waals surface area contributed by atoms with Crippen LogP contribution in [0.15, 0.2) is 41.6 Å². The fourth-order valence-corrected chi connectivity index (χ4v) is 4.30. The van der Waals surface area contributed by atoms with Crippen molar-refractivity contribution in [3.63, 3.8) is 0 Å².